The predicted octanol–water partition coefficient (Wildman–Crippen LogP) is 7.09. The van der Waals surface area contributed by atoms with Crippen molar-refractivity contribution < 1.29 is 40.7 Å². The normalized spacial score (nSPS) is 11.9. The second kappa shape index (κ2) is 13.3. The van der Waals surface area contributed by atoms with Crippen molar-refractivity contribution in [2.24, 2.45) is 0 Å². The number of hydrogen-bond acceptors (Lipinski definition) is 6. The van der Waals surface area contributed by atoms with E-state index in [1.807, 2.05) is 12.1 Å². The number of halogens is 3. The highest BCUT2D eigenvalue weighted by Gasteiger charge is 2.33. The number of sulfonamides is 1. The fourth-order valence-electron chi connectivity index (χ4n) is 4.61. The molecule has 4 aromatic rings. The van der Waals surface area contributed by atoms with Crippen molar-refractivity contribution in [2.75, 3.05) is 30.4 Å². The highest BCUT2D eigenvalue weighted by atomic mass is 32.2. The molecular formula is C34H33F3N2O6S. The molecule has 4 rings (SSSR count). The highest BCUT2D eigenvalue weighted by molar-refractivity contribution is 7.92. The number of ether oxygens (including phenoxy) is 2. The summed E-state index contributed by atoms with van der Waals surface area (Å²) in [6.45, 7) is 5.29. The number of carbonyl (C=O) groups is 2. The number of carbonyl (C=O) groups excluding carboxylic acids is 2. The van der Waals surface area contributed by atoms with Gasteiger partial charge in [0.1, 0.15) is 6.54 Å². The van der Waals surface area contributed by atoms with Gasteiger partial charge in [0.25, 0.3) is 10.0 Å². The molecule has 0 aliphatic heterocycles. The first kappa shape index (κ1) is 34.0. The average Bonchev–Trinajstić information content (AvgIpc) is 3.02. The first-order valence-corrected chi connectivity index (χ1v) is 15.5. The lowest BCUT2D eigenvalue weighted by atomic mass is 9.86. The fraction of sp³-hybridized carbons (Fsp3) is 0.235. The Morgan fingerprint density at radius 1 is 0.761 bits per heavy atom. The van der Waals surface area contributed by atoms with E-state index in [4.69, 9.17) is 9.47 Å². The molecular weight excluding hydrogens is 621 g/mol. The summed E-state index contributed by atoms with van der Waals surface area (Å²) >= 11 is 0. The number of anilines is 2. The molecule has 0 heterocycles. The highest BCUT2D eigenvalue weighted by Crippen LogP contribution is 2.35. The Hall–Kier alpha value is -4.84. The molecule has 242 valence electrons. The number of methoxy groups -OCH3 is 2. The molecule has 12 heteroatoms. The lowest BCUT2D eigenvalue weighted by Crippen LogP contribution is -2.38. The number of benzene rings is 4. The SMILES string of the molecule is COc1ccc(S(=O)(=O)N(CC(=O)Nc2cccc(C(=O)c3ccc(C(C)(C)C)cc3)c2)c2cccc(C(F)(F)F)c2)cc1OC. The van der Waals surface area contributed by atoms with Gasteiger partial charge in [-0.15, -0.1) is 0 Å². The van der Waals surface area contributed by atoms with Crippen LogP contribution in [0.2, 0.25) is 0 Å². The van der Waals surface area contributed by atoms with E-state index in [2.05, 4.69) is 26.1 Å². The molecule has 4 aromatic carbocycles. The van der Waals surface area contributed by atoms with E-state index in [0.717, 1.165) is 29.8 Å². The zero-order chi connectivity index (χ0) is 33.9. The molecule has 0 aliphatic carbocycles. The second-order valence-electron chi connectivity index (χ2n) is 11.4. The van der Waals surface area contributed by atoms with E-state index in [0.29, 0.717) is 15.9 Å². The van der Waals surface area contributed by atoms with Gasteiger partial charge in [-0.3, -0.25) is 13.9 Å². The number of amides is 1. The van der Waals surface area contributed by atoms with E-state index in [1.165, 1.54) is 38.5 Å². The Bertz CT molecular complexity index is 1850. The Labute approximate surface area is 265 Å². The van der Waals surface area contributed by atoms with Crippen molar-refractivity contribution in [2.45, 2.75) is 37.3 Å². The number of rotatable bonds is 10. The summed E-state index contributed by atoms with van der Waals surface area (Å²) in [5.74, 6) is -0.866. The maximum absolute atomic E-state index is 13.9. The molecule has 0 spiro atoms. The largest absolute Gasteiger partial charge is 0.493 e. The summed E-state index contributed by atoms with van der Waals surface area (Å²) < 4.78 is 79.4. The van der Waals surface area contributed by atoms with Crippen LogP contribution in [0.1, 0.15) is 47.8 Å². The predicted molar refractivity (Wildman–Crippen MR) is 169 cm³/mol. The Kier molecular flexibility index (Phi) is 9.81. The molecule has 0 aliphatic rings. The lowest BCUT2D eigenvalue weighted by Gasteiger charge is -2.25. The number of nitrogens with one attached hydrogen (secondary N) is 1. The first-order chi connectivity index (χ1) is 21.5. The standard InChI is InChI=1S/C34H33F3N2O6S/c1-33(2,3)24-14-12-22(13-15-24)32(41)23-8-6-10-26(18-23)38-31(40)21-39(27-11-7-9-25(19-27)34(35,36)37)46(42,43)28-16-17-29(44-4)30(20-28)45-5/h6-20H,21H2,1-5H3,(H,38,40). The van der Waals surface area contributed by atoms with Gasteiger partial charge in [0.2, 0.25) is 5.91 Å². The summed E-state index contributed by atoms with van der Waals surface area (Å²) in [5.41, 5.74) is 0.373. The van der Waals surface area contributed by atoms with Crippen LogP contribution in [0.25, 0.3) is 0 Å². The van der Waals surface area contributed by atoms with Gasteiger partial charge in [-0.05, 0) is 53.4 Å². The van der Waals surface area contributed by atoms with Gasteiger partial charge in [-0.1, -0.05) is 63.2 Å². The summed E-state index contributed by atoms with van der Waals surface area (Å²) in [7, 11) is -1.96. The van der Waals surface area contributed by atoms with E-state index in [-0.39, 0.29) is 44.5 Å². The second-order valence-corrected chi connectivity index (χ2v) is 13.2. The zero-order valence-corrected chi connectivity index (χ0v) is 26.6. The van der Waals surface area contributed by atoms with Crippen LogP contribution in [0.5, 0.6) is 11.5 Å². The van der Waals surface area contributed by atoms with Crippen LogP contribution in [0.4, 0.5) is 24.5 Å². The minimum Gasteiger partial charge on any atom is -0.493 e. The van der Waals surface area contributed by atoms with Gasteiger partial charge in [0.05, 0.1) is 30.4 Å². The Morgan fingerprint density at radius 3 is 2.02 bits per heavy atom. The van der Waals surface area contributed by atoms with E-state index in [1.54, 1.807) is 24.3 Å². The minimum atomic E-state index is -4.77. The summed E-state index contributed by atoms with van der Waals surface area (Å²) in [4.78, 5) is 26.1. The third kappa shape index (κ3) is 7.68. The number of nitrogens with zero attached hydrogens (tertiary/aromatic N) is 1. The molecule has 0 saturated carbocycles. The van der Waals surface area contributed by atoms with Crippen LogP contribution >= 0.6 is 0 Å². The van der Waals surface area contributed by atoms with Crippen molar-refractivity contribution in [1.29, 1.82) is 0 Å². The Balaban J connectivity index is 1.65. The monoisotopic (exact) mass is 654 g/mol. The van der Waals surface area contributed by atoms with Crippen LogP contribution in [0.15, 0.2) is 95.9 Å². The summed E-state index contributed by atoms with van der Waals surface area (Å²) in [6, 6.07) is 20.6. The smallest absolute Gasteiger partial charge is 0.416 e. The quantitative estimate of drug-likeness (QED) is 0.183. The zero-order valence-electron chi connectivity index (χ0n) is 25.8. The third-order valence-electron chi connectivity index (χ3n) is 7.11. The Morgan fingerprint density at radius 2 is 1.41 bits per heavy atom. The molecule has 8 nitrogen and oxygen atoms in total. The van der Waals surface area contributed by atoms with E-state index >= 15 is 0 Å². The molecule has 1 N–H and O–H groups in total. The van der Waals surface area contributed by atoms with Crippen molar-refractivity contribution >= 4 is 33.1 Å². The van der Waals surface area contributed by atoms with Crippen molar-refractivity contribution in [3.63, 3.8) is 0 Å². The average molecular weight is 655 g/mol. The molecule has 0 bridgehead atoms. The summed E-state index contributed by atoms with van der Waals surface area (Å²) in [6.07, 6.45) is -4.77. The molecule has 0 aromatic heterocycles. The van der Waals surface area contributed by atoms with Crippen molar-refractivity contribution in [3.8, 4) is 11.5 Å². The summed E-state index contributed by atoms with van der Waals surface area (Å²) in [5, 5.41) is 2.56. The van der Waals surface area contributed by atoms with Crippen LogP contribution in [-0.2, 0) is 26.4 Å². The molecule has 0 fully saturated rings. The third-order valence-corrected chi connectivity index (χ3v) is 8.88. The van der Waals surface area contributed by atoms with Gasteiger partial charge in [0.15, 0.2) is 17.3 Å². The van der Waals surface area contributed by atoms with Crippen LogP contribution in [0.3, 0.4) is 0 Å². The van der Waals surface area contributed by atoms with Crippen molar-refractivity contribution in [3.05, 3.63) is 113 Å². The topological polar surface area (TPSA) is 102 Å². The van der Waals surface area contributed by atoms with E-state index < -0.39 is 34.2 Å². The minimum absolute atomic E-state index is 0.0616. The molecule has 0 saturated heterocycles. The van der Waals surface area contributed by atoms with Gasteiger partial charge >= 0.3 is 6.18 Å². The molecule has 1 amide bonds. The fourth-order valence-corrected chi connectivity index (χ4v) is 6.04. The van der Waals surface area contributed by atoms with Crippen LogP contribution in [-0.4, -0.2) is 40.9 Å². The molecule has 0 atom stereocenters. The molecule has 0 radical (unpaired) electrons. The molecule has 0 unspecified atom stereocenters. The van der Waals surface area contributed by atoms with Gasteiger partial charge in [0, 0.05) is 22.9 Å². The maximum atomic E-state index is 13.9. The van der Waals surface area contributed by atoms with E-state index in [9.17, 15) is 31.2 Å². The van der Waals surface area contributed by atoms with Gasteiger partial charge in [-0.25, -0.2) is 8.42 Å². The maximum Gasteiger partial charge on any atom is 0.416 e. The van der Waals surface area contributed by atoms with Crippen LogP contribution in [0, 0.1) is 0 Å². The van der Waals surface area contributed by atoms with Gasteiger partial charge in [-0.2, -0.15) is 13.2 Å². The van der Waals surface area contributed by atoms with Crippen molar-refractivity contribution in [1.82, 2.24) is 0 Å². The van der Waals surface area contributed by atoms with Gasteiger partial charge < -0.3 is 14.8 Å². The number of ketones is 1. The first-order valence-electron chi connectivity index (χ1n) is 14.0. The number of hydrogen-bond donors (Lipinski definition) is 1. The molecule has 46 heavy (non-hydrogen) atoms. The lowest BCUT2D eigenvalue weighted by molar-refractivity contribution is -0.137. The number of alkyl halides is 3. The van der Waals surface area contributed by atoms with Crippen LogP contribution < -0.4 is 19.1 Å².